The van der Waals surface area contributed by atoms with E-state index in [1.165, 1.54) is 36.3 Å². The molecule has 162 valence electrons. The fraction of sp³-hybridized carbons (Fsp3) is 0.0476. The number of hydrogen-bond donors (Lipinski definition) is 1. The fourth-order valence-corrected chi connectivity index (χ4v) is 4.37. The van der Waals surface area contributed by atoms with Gasteiger partial charge in [-0.15, -0.1) is 5.10 Å². The maximum absolute atomic E-state index is 13.1. The minimum atomic E-state index is -3.90. The number of amides is 1. The summed E-state index contributed by atoms with van der Waals surface area (Å²) in [6.07, 6.45) is 1.46. The van der Waals surface area contributed by atoms with E-state index in [1.807, 2.05) is 0 Å². The SMILES string of the molecule is CN(c1cccc(Cl)c1)S(=O)(=O)c1cccc(C(=O)Nc2ccc(-n3cnnn3)cc2)c1. The molecule has 0 spiro atoms. The third-order valence-corrected chi connectivity index (χ3v) is 6.68. The van der Waals surface area contributed by atoms with Gasteiger partial charge in [-0.3, -0.25) is 9.10 Å². The van der Waals surface area contributed by atoms with E-state index in [9.17, 15) is 13.2 Å². The van der Waals surface area contributed by atoms with Crippen LogP contribution >= 0.6 is 11.6 Å². The highest BCUT2D eigenvalue weighted by Crippen LogP contribution is 2.25. The highest BCUT2D eigenvalue weighted by atomic mass is 35.5. The lowest BCUT2D eigenvalue weighted by molar-refractivity contribution is 0.102. The van der Waals surface area contributed by atoms with Crippen LogP contribution in [0.25, 0.3) is 5.69 Å². The van der Waals surface area contributed by atoms with Gasteiger partial charge in [0.05, 0.1) is 16.3 Å². The molecule has 0 radical (unpaired) electrons. The van der Waals surface area contributed by atoms with Gasteiger partial charge in [0, 0.05) is 23.3 Å². The summed E-state index contributed by atoms with van der Waals surface area (Å²) in [4.78, 5) is 12.7. The Morgan fingerprint density at radius 2 is 1.78 bits per heavy atom. The lowest BCUT2D eigenvalue weighted by Crippen LogP contribution is -2.26. The normalized spacial score (nSPS) is 11.2. The van der Waals surface area contributed by atoms with Gasteiger partial charge in [-0.25, -0.2) is 13.1 Å². The third kappa shape index (κ3) is 4.46. The van der Waals surface area contributed by atoms with Crippen LogP contribution in [0.1, 0.15) is 10.4 Å². The summed E-state index contributed by atoms with van der Waals surface area (Å²) in [6, 6.07) is 19.2. The van der Waals surface area contributed by atoms with Crippen LogP contribution in [0.15, 0.2) is 84.0 Å². The first-order valence-corrected chi connectivity index (χ1v) is 11.2. The number of hydrogen-bond acceptors (Lipinski definition) is 6. The Balaban J connectivity index is 1.53. The van der Waals surface area contributed by atoms with E-state index < -0.39 is 15.9 Å². The van der Waals surface area contributed by atoms with Crippen molar-refractivity contribution in [1.82, 2.24) is 20.2 Å². The summed E-state index contributed by atoms with van der Waals surface area (Å²) in [6.45, 7) is 0. The summed E-state index contributed by atoms with van der Waals surface area (Å²) in [7, 11) is -2.46. The quantitative estimate of drug-likeness (QED) is 0.464. The Labute approximate surface area is 189 Å². The number of anilines is 2. The molecule has 0 fully saturated rings. The molecular formula is C21H17ClN6O3S. The van der Waals surface area contributed by atoms with E-state index in [-0.39, 0.29) is 10.5 Å². The molecule has 11 heteroatoms. The molecule has 1 aromatic heterocycles. The number of rotatable bonds is 6. The number of aromatic nitrogens is 4. The van der Waals surface area contributed by atoms with Crippen LogP contribution in [0.3, 0.4) is 0 Å². The van der Waals surface area contributed by atoms with Crippen LogP contribution in [-0.4, -0.2) is 41.6 Å². The summed E-state index contributed by atoms with van der Waals surface area (Å²) in [5.74, 6) is -0.442. The second kappa shape index (κ2) is 8.77. The molecule has 0 aliphatic rings. The molecule has 0 saturated heterocycles. The lowest BCUT2D eigenvalue weighted by atomic mass is 10.2. The van der Waals surface area contributed by atoms with Crippen molar-refractivity contribution in [1.29, 1.82) is 0 Å². The predicted octanol–water partition coefficient (Wildman–Crippen LogP) is 3.39. The first-order chi connectivity index (χ1) is 15.3. The smallest absolute Gasteiger partial charge is 0.264 e. The summed E-state index contributed by atoms with van der Waals surface area (Å²) < 4.78 is 28.7. The van der Waals surface area contributed by atoms with Gasteiger partial charge in [-0.2, -0.15) is 0 Å². The molecule has 0 aliphatic carbocycles. The maximum Gasteiger partial charge on any atom is 0.264 e. The molecule has 4 aromatic rings. The summed E-state index contributed by atoms with van der Waals surface area (Å²) in [5.41, 5.74) is 1.88. The number of tetrazole rings is 1. The van der Waals surface area contributed by atoms with E-state index in [0.29, 0.717) is 16.4 Å². The second-order valence-corrected chi connectivity index (χ2v) is 9.14. The van der Waals surface area contributed by atoms with Crippen LogP contribution in [0.5, 0.6) is 0 Å². The number of nitrogens with one attached hydrogen (secondary N) is 1. The second-order valence-electron chi connectivity index (χ2n) is 6.74. The predicted molar refractivity (Wildman–Crippen MR) is 121 cm³/mol. The standard InChI is InChI=1S/C21H17ClN6O3S/c1-27(19-6-3-5-16(22)13-19)32(30,31)20-7-2-4-15(12-20)21(29)24-17-8-10-18(11-9-17)28-14-23-25-26-28/h2-14H,1H3,(H,24,29). The molecule has 4 rings (SSSR count). The monoisotopic (exact) mass is 468 g/mol. The molecule has 0 aliphatic heterocycles. The number of carbonyl (C=O) groups excluding carboxylic acids is 1. The van der Waals surface area contributed by atoms with Gasteiger partial charge in [0.25, 0.3) is 15.9 Å². The van der Waals surface area contributed by atoms with Gasteiger partial charge in [0.1, 0.15) is 6.33 Å². The largest absolute Gasteiger partial charge is 0.322 e. The number of nitrogens with zero attached hydrogens (tertiary/aromatic N) is 5. The Morgan fingerprint density at radius 1 is 1.03 bits per heavy atom. The molecule has 0 saturated carbocycles. The minimum absolute atomic E-state index is 0.0124. The van der Waals surface area contributed by atoms with Gasteiger partial charge < -0.3 is 5.32 Å². The highest BCUT2D eigenvalue weighted by molar-refractivity contribution is 7.92. The Hall–Kier alpha value is -3.76. The molecule has 1 N–H and O–H groups in total. The molecule has 0 unspecified atom stereocenters. The average Bonchev–Trinajstić information content (AvgIpc) is 3.34. The van der Waals surface area contributed by atoms with E-state index in [1.54, 1.807) is 54.6 Å². The summed E-state index contributed by atoms with van der Waals surface area (Å²) in [5, 5.41) is 14.1. The molecule has 1 heterocycles. The number of sulfonamides is 1. The third-order valence-electron chi connectivity index (χ3n) is 4.67. The van der Waals surface area contributed by atoms with Gasteiger partial charge >= 0.3 is 0 Å². The molecule has 32 heavy (non-hydrogen) atoms. The van der Waals surface area contributed by atoms with Gasteiger partial charge in [0.15, 0.2) is 0 Å². The summed E-state index contributed by atoms with van der Waals surface area (Å²) >= 11 is 5.98. The molecule has 1 amide bonds. The average molecular weight is 469 g/mol. The Kier molecular flexibility index (Phi) is 5.89. The number of benzene rings is 3. The van der Waals surface area contributed by atoms with Crippen LogP contribution in [0, 0.1) is 0 Å². The lowest BCUT2D eigenvalue weighted by Gasteiger charge is -2.20. The van der Waals surface area contributed by atoms with Crippen LogP contribution in [-0.2, 0) is 10.0 Å². The van der Waals surface area contributed by atoms with E-state index in [4.69, 9.17) is 11.6 Å². The zero-order chi connectivity index (χ0) is 22.7. The van der Waals surface area contributed by atoms with Crippen molar-refractivity contribution >= 4 is 38.9 Å². The molecule has 9 nitrogen and oxygen atoms in total. The van der Waals surface area contributed by atoms with Crippen molar-refractivity contribution in [3.05, 3.63) is 89.7 Å². The van der Waals surface area contributed by atoms with Crippen molar-refractivity contribution in [2.45, 2.75) is 4.90 Å². The molecule has 3 aromatic carbocycles. The Bertz CT molecular complexity index is 1360. The number of carbonyl (C=O) groups is 1. The van der Waals surface area contributed by atoms with E-state index >= 15 is 0 Å². The van der Waals surface area contributed by atoms with Gasteiger partial charge in [-0.05, 0) is 71.1 Å². The van der Waals surface area contributed by atoms with Crippen molar-refractivity contribution in [3.63, 3.8) is 0 Å². The maximum atomic E-state index is 13.1. The molecule has 0 bridgehead atoms. The van der Waals surface area contributed by atoms with Crippen molar-refractivity contribution in [2.24, 2.45) is 0 Å². The van der Waals surface area contributed by atoms with Crippen molar-refractivity contribution < 1.29 is 13.2 Å². The molecular weight excluding hydrogens is 452 g/mol. The highest BCUT2D eigenvalue weighted by Gasteiger charge is 2.22. The van der Waals surface area contributed by atoms with Gasteiger partial charge in [-0.1, -0.05) is 23.7 Å². The zero-order valence-corrected chi connectivity index (χ0v) is 18.3. The molecule has 0 atom stereocenters. The Morgan fingerprint density at radius 3 is 2.47 bits per heavy atom. The topological polar surface area (TPSA) is 110 Å². The van der Waals surface area contributed by atoms with Crippen molar-refractivity contribution in [2.75, 3.05) is 16.7 Å². The van der Waals surface area contributed by atoms with Crippen LogP contribution in [0.2, 0.25) is 5.02 Å². The number of halogens is 1. The van der Waals surface area contributed by atoms with Crippen LogP contribution in [0.4, 0.5) is 11.4 Å². The van der Waals surface area contributed by atoms with Gasteiger partial charge in [0.2, 0.25) is 0 Å². The van der Waals surface area contributed by atoms with Crippen LogP contribution < -0.4 is 9.62 Å². The van der Waals surface area contributed by atoms with E-state index in [2.05, 4.69) is 20.8 Å². The zero-order valence-electron chi connectivity index (χ0n) is 16.8. The first-order valence-electron chi connectivity index (χ1n) is 9.34. The minimum Gasteiger partial charge on any atom is -0.322 e. The van der Waals surface area contributed by atoms with E-state index in [0.717, 1.165) is 9.99 Å². The fourth-order valence-electron chi connectivity index (χ4n) is 2.95. The van der Waals surface area contributed by atoms with Crippen molar-refractivity contribution in [3.8, 4) is 5.69 Å². The first kappa shape index (κ1) is 21.5.